The molecule has 0 saturated heterocycles. The molecule has 202 valence electrons. The number of carboxylic acid groups (broad SMARTS) is 1. The number of amides is 2. The Morgan fingerprint density at radius 3 is 2.08 bits per heavy atom. The van der Waals surface area contributed by atoms with Crippen LogP contribution in [0, 0.1) is 0 Å². The number of nitrogens with one attached hydrogen (secondary N) is 1. The summed E-state index contributed by atoms with van der Waals surface area (Å²) in [5.41, 5.74) is 4.05. The van der Waals surface area contributed by atoms with Crippen molar-refractivity contribution in [1.29, 1.82) is 0 Å². The van der Waals surface area contributed by atoms with Crippen molar-refractivity contribution in [2.75, 3.05) is 13.7 Å². The summed E-state index contributed by atoms with van der Waals surface area (Å²) in [5, 5.41) is 12.4. The number of fused-ring (bicyclic) bond motifs is 3. The van der Waals surface area contributed by atoms with Gasteiger partial charge in [-0.15, -0.1) is 0 Å². The molecule has 2 N–H and O–H groups in total. The van der Waals surface area contributed by atoms with E-state index in [4.69, 9.17) is 9.47 Å². The molecular formula is C31H32N2O6. The van der Waals surface area contributed by atoms with Gasteiger partial charge in [0.05, 0.1) is 12.7 Å². The van der Waals surface area contributed by atoms with Gasteiger partial charge in [0, 0.05) is 13.0 Å². The first-order valence-electron chi connectivity index (χ1n) is 13.1. The van der Waals surface area contributed by atoms with E-state index in [0.717, 1.165) is 27.8 Å². The Kier molecular flexibility index (Phi) is 7.39. The van der Waals surface area contributed by atoms with Crippen LogP contribution < -0.4 is 5.32 Å². The SMILES string of the molecule is C[C@H](OCc1ccccc1)[C@@H](NC(=O)OCC1c2ccccc2-c2ccccc21)C(=O)N(C)C1(C(=O)O)CC1. The highest BCUT2D eigenvalue weighted by Crippen LogP contribution is 2.44. The number of aliphatic carboxylic acids is 1. The molecule has 8 heteroatoms. The first kappa shape index (κ1) is 26.4. The topological polar surface area (TPSA) is 105 Å². The van der Waals surface area contributed by atoms with Crippen LogP contribution in [0.25, 0.3) is 11.1 Å². The fraction of sp³-hybridized carbons (Fsp3) is 0.323. The number of nitrogens with zero attached hydrogens (tertiary/aromatic N) is 1. The minimum Gasteiger partial charge on any atom is -0.479 e. The lowest BCUT2D eigenvalue weighted by atomic mass is 9.98. The van der Waals surface area contributed by atoms with Crippen molar-refractivity contribution < 1.29 is 29.0 Å². The fourth-order valence-corrected chi connectivity index (χ4v) is 5.28. The van der Waals surface area contributed by atoms with Gasteiger partial charge in [-0.2, -0.15) is 0 Å². The Bertz CT molecular complexity index is 1320. The summed E-state index contributed by atoms with van der Waals surface area (Å²) < 4.78 is 11.6. The molecule has 0 aromatic heterocycles. The number of benzene rings is 3. The predicted octanol–water partition coefficient (Wildman–Crippen LogP) is 4.57. The van der Waals surface area contributed by atoms with E-state index in [9.17, 15) is 19.5 Å². The molecule has 5 rings (SSSR count). The van der Waals surface area contributed by atoms with Crippen LogP contribution in [0.3, 0.4) is 0 Å². The number of likely N-dealkylation sites (N-methyl/N-ethyl adjacent to an activating group) is 1. The summed E-state index contributed by atoms with van der Waals surface area (Å²) in [6.07, 6.45) is -0.785. The second-order valence-electron chi connectivity index (χ2n) is 10.2. The molecule has 1 saturated carbocycles. The Hall–Kier alpha value is -4.17. The molecule has 0 heterocycles. The van der Waals surface area contributed by atoms with Gasteiger partial charge in [-0.05, 0) is 47.6 Å². The van der Waals surface area contributed by atoms with Crippen LogP contribution in [0.1, 0.15) is 42.4 Å². The number of hydrogen-bond donors (Lipinski definition) is 2. The first-order chi connectivity index (χ1) is 18.8. The van der Waals surface area contributed by atoms with E-state index in [2.05, 4.69) is 17.4 Å². The van der Waals surface area contributed by atoms with Gasteiger partial charge in [0.15, 0.2) is 0 Å². The van der Waals surface area contributed by atoms with Crippen molar-refractivity contribution in [1.82, 2.24) is 10.2 Å². The van der Waals surface area contributed by atoms with Gasteiger partial charge >= 0.3 is 12.1 Å². The maximum Gasteiger partial charge on any atom is 0.407 e. The molecule has 2 aliphatic carbocycles. The van der Waals surface area contributed by atoms with Gasteiger partial charge < -0.3 is 24.8 Å². The van der Waals surface area contributed by atoms with Crippen molar-refractivity contribution in [3.63, 3.8) is 0 Å². The third-order valence-electron chi connectivity index (χ3n) is 7.80. The van der Waals surface area contributed by atoms with E-state index in [1.807, 2.05) is 66.7 Å². The molecule has 8 nitrogen and oxygen atoms in total. The Morgan fingerprint density at radius 2 is 1.51 bits per heavy atom. The minimum atomic E-state index is -1.25. The summed E-state index contributed by atoms with van der Waals surface area (Å²) in [5.74, 6) is -1.73. The number of carboxylic acids is 1. The highest BCUT2D eigenvalue weighted by atomic mass is 16.5. The third kappa shape index (κ3) is 5.25. The zero-order valence-electron chi connectivity index (χ0n) is 22.0. The van der Waals surface area contributed by atoms with Crippen molar-refractivity contribution in [3.05, 3.63) is 95.6 Å². The molecule has 0 radical (unpaired) electrons. The standard InChI is InChI=1S/C31H32N2O6/c1-20(38-18-21-10-4-3-5-11-21)27(28(34)33(2)31(16-17-31)29(35)36)32-30(37)39-19-26-24-14-8-6-12-22(24)23-13-7-9-15-25(23)26/h3-15,20,26-27H,16-19H2,1-2H3,(H,32,37)(H,35,36)/t20-,27+/m0/s1. The molecule has 3 aromatic carbocycles. The lowest BCUT2D eigenvalue weighted by molar-refractivity contribution is -0.153. The van der Waals surface area contributed by atoms with Crippen LogP contribution in [0.5, 0.6) is 0 Å². The largest absolute Gasteiger partial charge is 0.479 e. The lowest BCUT2D eigenvalue weighted by Crippen LogP contribution is -2.57. The number of carbonyl (C=O) groups excluding carboxylic acids is 2. The Labute approximate surface area is 227 Å². The number of carbonyl (C=O) groups is 3. The van der Waals surface area contributed by atoms with Gasteiger partial charge in [0.25, 0.3) is 0 Å². The highest BCUT2D eigenvalue weighted by Gasteiger charge is 2.56. The van der Waals surface area contributed by atoms with Crippen LogP contribution >= 0.6 is 0 Å². The zero-order valence-corrected chi connectivity index (χ0v) is 22.0. The number of hydrogen-bond acceptors (Lipinski definition) is 5. The predicted molar refractivity (Wildman–Crippen MR) is 145 cm³/mol. The summed E-state index contributed by atoms with van der Waals surface area (Å²) in [4.78, 5) is 39.7. The van der Waals surface area contributed by atoms with E-state index in [0.29, 0.717) is 12.8 Å². The lowest BCUT2D eigenvalue weighted by Gasteiger charge is -2.32. The average molecular weight is 529 g/mol. The molecule has 0 aliphatic heterocycles. The Balaban J connectivity index is 1.30. The molecule has 0 unspecified atom stereocenters. The average Bonchev–Trinajstić information content (AvgIpc) is 3.72. The van der Waals surface area contributed by atoms with Crippen molar-refractivity contribution in [2.45, 2.75) is 50.0 Å². The van der Waals surface area contributed by atoms with Gasteiger partial charge in [0.2, 0.25) is 5.91 Å². The monoisotopic (exact) mass is 528 g/mol. The second kappa shape index (κ2) is 10.9. The molecule has 39 heavy (non-hydrogen) atoms. The van der Waals surface area contributed by atoms with Crippen LogP contribution in [-0.2, 0) is 25.7 Å². The van der Waals surface area contributed by atoms with E-state index in [1.165, 1.54) is 11.9 Å². The normalized spacial score (nSPS) is 16.4. The van der Waals surface area contributed by atoms with Gasteiger partial charge in [-0.3, -0.25) is 4.79 Å². The summed E-state index contributed by atoms with van der Waals surface area (Å²) in [6.45, 7) is 2.00. The van der Waals surface area contributed by atoms with Crippen LogP contribution in [0.15, 0.2) is 78.9 Å². The summed E-state index contributed by atoms with van der Waals surface area (Å²) in [7, 11) is 1.46. The maximum absolute atomic E-state index is 13.5. The highest BCUT2D eigenvalue weighted by molar-refractivity contribution is 5.93. The number of alkyl carbamates (subject to hydrolysis) is 1. The third-order valence-corrected chi connectivity index (χ3v) is 7.80. The van der Waals surface area contributed by atoms with Gasteiger partial charge in [-0.25, -0.2) is 9.59 Å². The quantitative estimate of drug-likeness (QED) is 0.399. The number of rotatable bonds is 10. The molecular weight excluding hydrogens is 496 g/mol. The molecule has 2 aliphatic rings. The molecule has 3 aromatic rings. The number of ether oxygens (including phenoxy) is 2. The fourth-order valence-electron chi connectivity index (χ4n) is 5.28. The smallest absolute Gasteiger partial charge is 0.407 e. The van der Waals surface area contributed by atoms with E-state index in [1.54, 1.807) is 6.92 Å². The van der Waals surface area contributed by atoms with Crippen molar-refractivity contribution in [3.8, 4) is 11.1 Å². The van der Waals surface area contributed by atoms with E-state index >= 15 is 0 Å². The molecule has 2 atom stereocenters. The van der Waals surface area contributed by atoms with Gasteiger partial charge in [0.1, 0.15) is 18.2 Å². The molecule has 0 bridgehead atoms. The summed E-state index contributed by atoms with van der Waals surface area (Å²) >= 11 is 0. The molecule has 1 fully saturated rings. The van der Waals surface area contributed by atoms with Gasteiger partial charge in [-0.1, -0.05) is 78.9 Å². The summed E-state index contributed by atoms with van der Waals surface area (Å²) in [6, 6.07) is 24.4. The van der Waals surface area contributed by atoms with Crippen LogP contribution in [-0.4, -0.2) is 59.3 Å². The molecule has 0 spiro atoms. The molecule has 2 amide bonds. The second-order valence-corrected chi connectivity index (χ2v) is 10.2. The maximum atomic E-state index is 13.5. The first-order valence-corrected chi connectivity index (χ1v) is 13.1. The minimum absolute atomic E-state index is 0.0922. The zero-order chi connectivity index (χ0) is 27.6. The van der Waals surface area contributed by atoms with Crippen molar-refractivity contribution in [2.24, 2.45) is 0 Å². The van der Waals surface area contributed by atoms with Crippen LogP contribution in [0.4, 0.5) is 4.79 Å². The van der Waals surface area contributed by atoms with E-state index < -0.39 is 35.7 Å². The Morgan fingerprint density at radius 1 is 0.949 bits per heavy atom. The van der Waals surface area contributed by atoms with Crippen LogP contribution in [0.2, 0.25) is 0 Å². The van der Waals surface area contributed by atoms with E-state index in [-0.39, 0.29) is 19.1 Å². The van der Waals surface area contributed by atoms with Crippen molar-refractivity contribution >= 4 is 18.0 Å².